The summed E-state index contributed by atoms with van der Waals surface area (Å²) in [6.45, 7) is 1.16. The topological polar surface area (TPSA) is 33.3 Å². The summed E-state index contributed by atoms with van der Waals surface area (Å²) in [6, 6.07) is 2.33. The smallest absolute Gasteiger partial charge is 0.170 e. The minimum absolute atomic E-state index is 0.172. The first-order valence-corrected chi connectivity index (χ1v) is 6.43. The van der Waals surface area contributed by atoms with Crippen molar-refractivity contribution < 1.29 is 13.5 Å². The number of thiocarbonyl (C=S) groups is 1. The molecule has 0 saturated heterocycles. The van der Waals surface area contributed by atoms with Crippen molar-refractivity contribution in [2.75, 3.05) is 25.6 Å². The second-order valence-corrected chi connectivity index (χ2v) is 4.80. The Kier molecular flexibility index (Phi) is 6.45. The van der Waals surface area contributed by atoms with E-state index >= 15 is 0 Å². The SMILES string of the molecule is COCCCNC(=S)Nc1c(F)cc(Br)cc1F. The van der Waals surface area contributed by atoms with E-state index in [-0.39, 0.29) is 10.8 Å². The summed E-state index contributed by atoms with van der Waals surface area (Å²) in [7, 11) is 1.60. The van der Waals surface area contributed by atoms with Crippen molar-refractivity contribution in [3.63, 3.8) is 0 Å². The third kappa shape index (κ3) is 4.83. The van der Waals surface area contributed by atoms with Gasteiger partial charge in [-0.15, -0.1) is 0 Å². The van der Waals surface area contributed by atoms with Crippen LogP contribution in [0, 0.1) is 11.6 Å². The number of hydrogen-bond acceptors (Lipinski definition) is 2. The number of rotatable bonds is 5. The standard InChI is InChI=1S/C11H13BrF2N2OS/c1-17-4-2-3-15-11(18)16-10-8(13)5-7(12)6-9(10)14/h5-6H,2-4H2,1H3,(H2,15,16,18). The van der Waals surface area contributed by atoms with Crippen LogP contribution in [0.15, 0.2) is 16.6 Å². The maximum atomic E-state index is 13.5. The number of anilines is 1. The molecule has 1 aromatic carbocycles. The molecule has 3 nitrogen and oxygen atoms in total. The second kappa shape index (κ2) is 7.60. The fourth-order valence-electron chi connectivity index (χ4n) is 1.24. The highest BCUT2D eigenvalue weighted by Crippen LogP contribution is 2.23. The van der Waals surface area contributed by atoms with Gasteiger partial charge in [0.25, 0.3) is 0 Å². The summed E-state index contributed by atoms with van der Waals surface area (Å²) in [5.74, 6) is -1.41. The van der Waals surface area contributed by atoms with Crippen molar-refractivity contribution in [3.8, 4) is 0 Å². The highest BCUT2D eigenvalue weighted by molar-refractivity contribution is 9.10. The molecule has 7 heteroatoms. The quantitative estimate of drug-likeness (QED) is 0.638. The van der Waals surface area contributed by atoms with Gasteiger partial charge in [0.05, 0.1) is 0 Å². The summed E-state index contributed by atoms with van der Waals surface area (Å²) in [4.78, 5) is 0. The molecular weight excluding hydrogens is 326 g/mol. The van der Waals surface area contributed by atoms with Crippen LogP contribution in [0.5, 0.6) is 0 Å². The zero-order chi connectivity index (χ0) is 13.5. The second-order valence-electron chi connectivity index (χ2n) is 3.47. The lowest BCUT2D eigenvalue weighted by Gasteiger charge is -2.12. The van der Waals surface area contributed by atoms with Crippen molar-refractivity contribution >= 4 is 38.9 Å². The van der Waals surface area contributed by atoms with E-state index in [1.165, 1.54) is 12.1 Å². The van der Waals surface area contributed by atoms with E-state index < -0.39 is 11.6 Å². The molecule has 0 radical (unpaired) electrons. The molecule has 0 saturated carbocycles. The molecule has 100 valence electrons. The molecule has 0 aliphatic heterocycles. The number of halogens is 3. The van der Waals surface area contributed by atoms with Crippen molar-refractivity contribution in [2.24, 2.45) is 0 Å². The predicted molar refractivity (Wildman–Crippen MR) is 74.8 cm³/mol. The number of ether oxygens (including phenoxy) is 1. The zero-order valence-corrected chi connectivity index (χ0v) is 12.1. The molecule has 0 heterocycles. The molecule has 18 heavy (non-hydrogen) atoms. The van der Waals surface area contributed by atoms with E-state index in [0.717, 1.165) is 6.42 Å². The van der Waals surface area contributed by atoms with E-state index in [1.54, 1.807) is 7.11 Å². The van der Waals surface area contributed by atoms with Crippen LogP contribution in [0.4, 0.5) is 14.5 Å². The van der Waals surface area contributed by atoms with E-state index in [9.17, 15) is 8.78 Å². The van der Waals surface area contributed by atoms with Crippen molar-refractivity contribution in [1.29, 1.82) is 0 Å². The number of benzene rings is 1. The van der Waals surface area contributed by atoms with Crippen LogP contribution in [0.2, 0.25) is 0 Å². The van der Waals surface area contributed by atoms with Crippen molar-refractivity contribution in [2.45, 2.75) is 6.42 Å². The van der Waals surface area contributed by atoms with Gasteiger partial charge in [0.1, 0.15) is 5.69 Å². The first-order chi connectivity index (χ1) is 8.54. The van der Waals surface area contributed by atoms with Crippen LogP contribution in [-0.4, -0.2) is 25.4 Å². The first-order valence-electron chi connectivity index (χ1n) is 5.23. The normalized spacial score (nSPS) is 10.2. The van der Waals surface area contributed by atoms with Crippen LogP contribution in [0.1, 0.15) is 6.42 Å². The molecule has 2 N–H and O–H groups in total. The van der Waals surface area contributed by atoms with Crippen molar-refractivity contribution in [1.82, 2.24) is 5.32 Å². The monoisotopic (exact) mass is 338 g/mol. The fourth-order valence-corrected chi connectivity index (χ4v) is 1.84. The van der Waals surface area contributed by atoms with Gasteiger partial charge in [-0.2, -0.15) is 0 Å². The largest absolute Gasteiger partial charge is 0.385 e. The third-order valence-electron chi connectivity index (χ3n) is 2.06. The Morgan fingerprint density at radius 3 is 2.56 bits per heavy atom. The average molecular weight is 339 g/mol. The Balaban J connectivity index is 2.54. The van der Waals surface area contributed by atoms with Crippen LogP contribution in [-0.2, 0) is 4.74 Å². The van der Waals surface area contributed by atoms with E-state index in [0.29, 0.717) is 17.6 Å². The van der Waals surface area contributed by atoms with Gasteiger partial charge in [-0.1, -0.05) is 15.9 Å². The summed E-state index contributed by atoms with van der Waals surface area (Å²) in [6.07, 6.45) is 0.754. The molecule has 0 aromatic heterocycles. The highest BCUT2D eigenvalue weighted by atomic mass is 79.9. The predicted octanol–water partition coefficient (Wildman–Crippen LogP) is 3.05. The van der Waals surface area contributed by atoms with Gasteiger partial charge in [0.2, 0.25) is 0 Å². The molecule has 0 atom stereocenters. The van der Waals surface area contributed by atoms with Gasteiger partial charge >= 0.3 is 0 Å². The maximum Gasteiger partial charge on any atom is 0.170 e. The molecule has 1 rings (SSSR count). The van der Waals surface area contributed by atoms with Crippen LogP contribution < -0.4 is 10.6 Å². The van der Waals surface area contributed by atoms with E-state index in [2.05, 4.69) is 26.6 Å². The Hall–Kier alpha value is -0.790. The molecule has 0 unspecified atom stereocenters. The highest BCUT2D eigenvalue weighted by Gasteiger charge is 2.11. The molecule has 1 aromatic rings. The number of nitrogens with one attached hydrogen (secondary N) is 2. The Morgan fingerprint density at radius 1 is 1.39 bits per heavy atom. The van der Waals surface area contributed by atoms with Gasteiger partial charge in [0, 0.05) is 24.7 Å². The fraction of sp³-hybridized carbons (Fsp3) is 0.364. The Morgan fingerprint density at radius 2 is 2.00 bits per heavy atom. The van der Waals surface area contributed by atoms with E-state index in [1.807, 2.05) is 0 Å². The molecular formula is C11H13BrF2N2OS. The van der Waals surface area contributed by atoms with Crippen molar-refractivity contribution in [3.05, 3.63) is 28.2 Å². The first kappa shape index (κ1) is 15.3. The van der Waals surface area contributed by atoms with Gasteiger partial charge in [-0.3, -0.25) is 0 Å². The number of methoxy groups -OCH3 is 1. The number of hydrogen-bond donors (Lipinski definition) is 2. The average Bonchev–Trinajstić information content (AvgIpc) is 2.29. The maximum absolute atomic E-state index is 13.5. The summed E-state index contributed by atoms with van der Waals surface area (Å²) in [5, 5.41) is 5.49. The Bertz CT molecular complexity index is 408. The van der Waals surface area contributed by atoms with Gasteiger partial charge in [0.15, 0.2) is 16.7 Å². The Labute approximate surface area is 118 Å². The molecule has 0 bridgehead atoms. The van der Waals surface area contributed by atoms with Gasteiger partial charge < -0.3 is 15.4 Å². The summed E-state index contributed by atoms with van der Waals surface area (Å²) < 4.78 is 32.1. The van der Waals surface area contributed by atoms with Gasteiger partial charge in [-0.25, -0.2) is 8.78 Å². The molecule has 0 spiro atoms. The third-order valence-corrected chi connectivity index (χ3v) is 2.76. The molecule has 0 aliphatic carbocycles. The minimum Gasteiger partial charge on any atom is -0.385 e. The van der Waals surface area contributed by atoms with Crippen LogP contribution in [0.3, 0.4) is 0 Å². The molecule has 0 fully saturated rings. The molecule has 0 aliphatic rings. The lowest BCUT2D eigenvalue weighted by atomic mass is 10.3. The van der Waals surface area contributed by atoms with Crippen LogP contribution >= 0.6 is 28.1 Å². The van der Waals surface area contributed by atoms with Crippen LogP contribution in [0.25, 0.3) is 0 Å². The zero-order valence-electron chi connectivity index (χ0n) is 9.73. The summed E-state index contributed by atoms with van der Waals surface area (Å²) in [5.41, 5.74) is -0.262. The van der Waals surface area contributed by atoms with Gasteiger partial charge in [-0.05, 0) is 30.8 Å². The minimum atomic E-state index is -0.706. The molecule has 0 amide bonds. The van der Waals surface area contributed by atoms with E-state index in [4.69, 9.17) is 17.0 Å². The lowest BCUT2D eigenvalue weighted by Crippen LogP contribution is -2.30. The summed E-state index contributed by atoms with van der Waals surface area (Å²) >= 11 is 7.93. The lowest BCUT2D eigenvalue weighted by molar-refractivity contribution is 0.196.